The van der Waals surface area contributed by atoms with Crippen LogP contribution in [0.15, 0.2) is 42.5 Å². The highest BCUT2D eigenvalue weighted by atomic mass is 35.5. The van der Waals surface area contributed by atoms with Crippen molar-refractivity contribution in [1.82, 2.24) is 0 Å². The third-order valence-corrected chi connectivity index (χ3v) is 2.96. The summed E-state index contributed by atoms with van der Waals surface area (Å²) in [6.45, 7) is 1.76. The topological polar surface area (TPSA) is 0 Å². The third kappa shape index (κ3) is 2.51. The van der Waals surface area contributed by atoms with Gasteiger partial charge in [0.05, 0.1) is 5.56 Å². The van der Waals surface area contributed by atoms with Gasteiger partial charge in [0.25, 0.3) is 0 Å². The maximum absolute atomic E-state index is 12.9. The predicted octanol–water partition coefficient (Wildman–Crippen LogP) is 5.33. The van der Waals surface area contributed by atoms with Gasteiger partial charge in [-0.3, -0.25) is 0 Å². The van der Waals surface area contributed by atoms with Crippen LogP contribution in [0.25, 0.3) is 11.1 Å². The number of hydrogen-bond acceptors (Lipinski definition) is 0. The van der Waals surface area contributed by atoms with Crippen LogP contribution >= 0.6 is 11.6 Å². The van der Waals surface area contributed by atoms with Gasteiger partial charge in [-0.05, 0) is 41.8 Å². The lowest BCUT2D eigenvalue weighted by Gasteiger charge is -2.14. The second-order valence-corrected chi connectivity index (χ2v) is 4.44. The molecule has 94 valence electrons. The van der Waals surface area contributed by atoms with Crippen LogP contribution in [0.2, 0.25) is 5.02 Å². The van der Waals surface area contributed by atoms with Crippen molar-refractivity contribution in [3.05, 3.63) is 58.6 Å². The highest BCUT2D eigenvalue weighted by Gasteiger charge is 2.33. The first-order valence-electron chi connectivity index (χ1n) is 5.32. The SMILES string of the molecule is Cc1ccc(Cl)cc1-c1ccccc1C(F)(F)F. The van der Waals surface area contributed by atoms with Crippen molar-refractivity contribution in [3.8, 4) is 11.1 Å². The summed E-state index contributed by atoms with van der Waals surface area (Å²) in [5.41, 5.74) is 0.784. The van der Waals surface area contributed by atoms with E-state index >= 15 is 0 Å². The molecule has 2 rings (SSSR count). The van der Waals surface area contributed by atoms with Crippen LogP contribution in [-0.4, -0.2) is 0 Å². The fourth-order valence-electron chi connectivity index (χ4n) is 1.85. The molecule has 0 heterocycles. The Labute approximate surface area is 108 Å². The zero-order valence-corrected chi connectivity index (χ0v) is 10.3. The number of rotatable bonds is 1. The Bertz CT molecular complexity index is 573. The van der Waals surface area contributed by atoms with E-state index in [0.29, 0.717) is 10.6 Å². The molecule has 0 atom stereocenters. The van der Waals surface area contributed by atoms with Crippen molar-refractivity contribution in [1.29, 1.82) is 0 Å². The molecule has 0 N–H and O–H groups in total. The number of aryl methyl sites for hydroxylation is 1. The van der Waals surface area contributed by atoms with Gasteiger partial charge in [0.1, 0.15) is 0 Å². The van der Waals surface area contributed by atoms with Gasteiger partial charge in [0.2, 0.25) is 0 Å². The zero-order chi connectivity index (χ0) is 13.3. The maximum atomic E-state index is 12.9. The number of halogens is 4. The van der Waals surface area contributed by atoms with Gasteiger partial charge in [0.15, 0.2) is 0 Å². The standard InChI is InChI=1S/C14H10ClF3/c1-9-6-7-10(15)8-12(9)11-4-2-3-5-13(11)14(16,17)18/h2-8H,1H3. The van der Waals surface area contributed by atoms with Crippen molar-refractivity contribution in [3.63, 3.8) is 0 Å². The van der Waals surface area contributed by atoms with Crippen LogP contribution in [0.5, 0.6) is 0 Å². The van der Waals surface area contributed by atoms with Crippen LogP contribution < -0.4 is 0 Å². The molecular formula is C14H10ClF3. The summed E-state index contributed by atoms with van der Waals surface area (Å²) in [4.78, 5) is 0. The van der Waals surface area contributed by atoms with Crippen LogP contribution in [0.3, 0.4) is 0 Å². The van der Waals surface area contributed by atoms with Crippen LogP contribution in [0.4, 0.5) is 13.2 Å². The molecule has 0 fully saturated rings. The third-order valence-electron chi connectivity index (χ3n) is 2.72. The Morgan fingerprint density at radius 1 is 0.944 bits per heavy atom. The summed E-state index contributed by atoms with van der Waals surface area (Å²) < 4.78 is 38.8. The molecule has 0 unspecified atom stereocenters. The highest BCUT2D eigenvalue weighted by molar-refractivity contribution is 6.30. The van der Waals surface area contributed by atoms with E-state index in [-0.39, 0.29) is 5.56 Å². The van der Waals surface area contributed by atoms with Crippen molar-refractivity contribution >= 4 is 11.6 Å². The average Bonchev–Trinajstić information content (AvgIpc) is 2.31. The van der Waals surface area contributed by atoms with E-state index in [9.17, 15) is 13.2 Å². The molecule has 0 aliphatic carbocycles. The smallest absolute Gasteiger partial charge is 0.166 e. The highest BCUT2D eigenvalue weighted by Crippen LogP contribution is 2.38. The second-order valence-electron chi connectivity index (χ2n) is 4.00. The Hall–Kier alpha value is -1.48. The van der Waals surface area contributed by atoms with Crippen molar-refractivity contribution in [2.75, 3.05) is 0 Å². The number of alkyl halides is 3. The lowest BCUT2D eigenvalue weighted by molar-refractivity contribution is -0.137. The van der Waals surface area contributed by atoms with E-state index in [2.05, 4.69) is 0 Å². The molecule has 0 nitrogen and oxygen atoms in total. The minimum Gasteiger partial charge on any atom is -0.166 e. The van der Waals surface area contributed by atoms with E-state index in [0.717, 1.165) is 11.6 Å². The molecule has 18 heavy (non-hydrogen) atoms. The molecule has 0 bridgehead atoms. The van der Waals surface area contributed by atoms with Gasteiger partial charge >= 0.3 is 6.18 Å². The molecule has 0 radical (unpaired) electrons. The van der Waals surface area contributed by atoms with Crippen LogP contribution in [0.1, 0.15) is 11.1 Å². The molecule has 0 aliphatic rings. The predicted molar refractivity (Wildman–Crippen MR) is 66.6 cm³/mol. The summed E-state index contributed by atoms with van der Waals surface area (Å²) in [6, 6.07) is 10.4. The molecule has 2 aromatic carbocycles. The maximum Gasteiger partial charge on any atom is 0.417 e. The summed E-state index contributed by atoms with van der Waals surface area (Å²) >= 11 is 5.85. The molecule has 0 aliphatic heterocycles. The van der Waals surface area contributed by atoms with Crippen molar-refractivity contribution in [2.45, 2.75) is 13.1 Å². The van der Waals surface area contributed by atoms with E-state index in [4.69, 9.17) is 11.6 Å². The van der Waals surface area contributed by atoms with Gasteiger partial charge in [-0.25, -0.2) is 0 Å². The molecule has 0 aromatic heterocycles. The first-order chi connectivity index (χ1) is 8.39. The average molecular weight is 271 g/mol. The molecule has 0 saturated carbocycles. The van der Waals surface area contributed by atoms with E-state index in [1.807, 2.05) is 0 Å². The molecule has 4 heteroatoms. The second kappa shape index (κ2) is 4.65. The van der Waals surface area contributed by atoms with Gasteiger partial charge in [-0.15, -0.1) is 0 Å². The molecular weight excluding hydrogens is 261 g/mol. The zero-order valence-electron chi connectivity index (χ0n) is 9.55. The Morgan fingerprint density at radius 3 is 2.28 bits per heavy atom. The molecule has 0 saturated heterocycles. The van der Waals surface area contributed by atoms with E-state index in [1.54, 1.807) is 31.2 Å². The summed E-state index contributed by atoms with van der Waals surface area (Å²) in [5.74, 6) is 0. The monoisotopic (exact) mass is 270 g/mol. The molecule has 0 spiro atoms. The normalized spacial score (nSPS) is 11.6. The largest absolute Gasteiger partial charge is 0.417 e. The lowest BCUT2D eigenvalue weighted by Crippen LogP contribution is -2.07. The van der Waals surface area contributed by atoms with Crippen LogP contribution in [-0.2, 0) is 6.18 Å². The van der Waals surface area contributed by atoms with Crippen molar-refractivity contribution < 1.29 is 13.2 Å². The quantitative estimate of drug-likeness (QED) is 0.657. The van der Waals surface area contributed by atoms with E-state index < -0.39 is 11.7 Å². The minimum absolute atomic E-state index is 0.157. The van der Waals surface area contributed by atoms with E-state index in [1.165, 1.54) is 12.1 Å². The summed E-state index contributed by atoms with van der Waals surface area (Å²) in [7, 11) is 0. The first kappa shape index (κ1) is 13.0. The Balaban J connectivity index is 2.68. The molecule has 2 aromatic rings. The van der Waals surface area contributed by atoms with Gasteiger partial charge < -0.3 is 0 Å². The fourth-order valence-corrected chi connectivity index (χ4v) is 2.02. The van der Waals surface area contributed by atoms with Crippen molar-refractivity contribution in [2.24, 2.45) is 0 Å². The first-order valence-corrected chi connectivity index (χ1v) is 5.70. The van der Waals surface area contributed by atoms with Crippen LogP contribution in [0, 0.1) is 6.92 Å². The number of hydrogen-bond donors (Lipinski definition) is 0. The minimum atomic E-state index is -4.37. The summed E-state index contributed by atoms with van der Waals surface area (Å²) in [5, 5.41) is 0.424. The van der Waals surface area contributed by atoms with Gasteiger partial charge in [-0.1, -0.05) is 35.9 Å². The van der Waals surface area contributed by atoms with Gasteiger partial charge in [-0.2, -0.15) is 13.2 Å². The number of benzene rings is 2. The lowest BCUT2D eigenvalue weighted by atomic mass is 9.96. The fraction of sp³-hybridized carbons (Fsp3) is 0.143. The molecule has 0 amide bonds. The Morgan fingerprint density at radius 2 is 1.61 bits per heavy atom. The van der Waals surface area contributed by atoms with Gasteiger partial charge in [0, 0.05) is 5.02 Å². The Kier molecular flexibility index (Phi) is 3.35. The summed E-state index contributed by atoms with van der Waals surface area (Å²) in [6.07, 6.45) is -4.37.